The first-order valence-corrected chi connectivity index (χ1v) is 6.30. The lowest BCUT2D eigenvalue weighted by molar-refractivity contribution is 0.102. The first-order chi connectivity index (χ1) is 9.61. The van der Waals surface area contributed by atoms with Crippen molar-refractivity contribution < 1.29 is 9.21 Å². The highest BCUT2D eigenvalue weighted by atomic mass is 35.5. The van der Waals surface area contributed by atoms with Crippen molar-refractivity contribution in [1.29, 1.82) is 0 Å². The summed E-state index contributed by atoms with van der Waals surface area (Å²) in [4.78, 5) is 20.2. The van der Waals surface area contributed by atoms with Crippen molar-refractivity contribution in [3.63, 3.8) is 0 Å². The molecule has 0 spiro atoms. The Kier molecular flexibility index (Phi) is 3.12. The number of anilines is 1. The third kappa shape index (κ3) is 2.48. The molecule has 1 amide bonds. The topological polar surface area (TPSA) is 68.0 Å². The highest BCUT2D eigenvalue weighted by Crippen LogP contribution is 2.20. The minimum absolute atomic E-state index is 0.256. The van der Waals surface area contributed by atoms with Crippen LogP contribution in [0.4, 0.5) is 5.69 Å². The fourth-order valence-corrected chi connectivity index (χ4v) is 2.00. The lowest BCUT2D eigenvalue weighted by Crippen LogP contribution is -2.13. The van der Waals surface area contributed by atoms with Gasteiger partial charge in [0.15, 0.2) is 11.5 Å². The number of benzene rings is 1. The van der Waals surface area contributed by atoms with Crippen LogP contribution in [0, 0.1) is 6.92 Å². The van der Waals surface area contributed by atoms with Crippen molar-refractivity contribution in [3.8, 4) is 0 Å². The molecule has 0 unspecified atom stereocenters. The van der Waals surface area contributed by atoms with Gasteiger partial charge in [-0.3, -0.25) is 9.78 Å². The van der Waals surface area contributed by atoms with Crippen LogP contribution in [0.3, 0.4) is 0 Å². The van der Waals surface area contributed by atoms with Crippen molar-refractivity contribution in [2.45, 2.75) is 6.92 Å². The lowest BCUT2D eigenvalue weighted by Gasteiger charge is -2.04. The molecule has 0 aliphatic rings. The molecule has 2 heterocycles. The molecule has 3 aromatic rings. The highest BCUT2D eigenvalue weighted by molar-refractivity contribution is 6.30. The summed E-state index contributed by atoms with van der Waals surface area (Å²) in [7, 11) is 0. The molecule has 0 atom stereocenters. The van der Waals surface area contributed by atoms with Crippen LogP contribution in [-0.4, -0.2) is 15.9 Å². The predicted octanol–water partition coefficient (Wildman–Crippen LogP) is 3.44. The number of hydrogen-bond donors (Lipinski definition) is 1. The largest absolute Gasteiger partial charge is 0.441 e. The van der Waals surface area contributed by atoms with E-state index in [4.69, 9.17) is 16.0 Å². The fourth-order valence-electron chi connectivity index (χ4n) is 1.84. The maximum atomic E-state index is 12.0. The van der Waals surface area contributed by atoms with Crippen LogP contribution in [0.25, 0.3) is 11.1 Å². The van der Waals surface area contributed by atoms with E-state index >= 15 is 0 Å². The zero-order chi connectivity index (χ0) is 14.1. The Hall–Kier alpha value is -2.40. The van der Waals surface area contributed by atoms with E-state index < -0.39 is 0 Å². The number of hydrogen-bond acceptors (Lipinski definition) is 4. The Morgan fingerprint density at radius 3 is 2.95 bits per heavy atom. The summed E-state index contributed by atoms with van der Waals surface area (Å²) >= 11 is 5.83. The van der Waals surface area contributed by atoms with Gasteiger partial charge in [0.05, 0.1) is 0 Å². The Morgan fingerprint density at radius 2 is 2.15 bits per heavy atom. The molecular weight excluding hydrogens is 278 g/mol. The van der Waals surface area contributed by atoms with Crippen LogP contribution in [0.5, 0.6) is 0 Å². The Morgan fingerprint density at radius 1 is 1.30 bits per heavy atom. The number of pyridine rings is 1. The molecule has 0 radical (unpaired) electrons. The van der Waals surface area contributed by atoms with Crippen LogP contribution in [0.1, 0.15) is 16.4 Å². The smallest absolute Gasteiger partial charge is 0.274 e. The number of nitrogens with one attached hydrogen (secondary N) is 1. The standard InChI is InChI=1S/C14H10ClN3O2/c1-8-17-11-3-2-10(7-13(11)20-8)18-14(19)12-6-9(15)4-5-16-12/h2-7H,1H3,(H,18,19). The second-order valence-corrected chi connectivity index (χ2v) is 4.67. The van der Waals surface area contributed by atoms with E-state index in [-0.39, 0.29) is 11.6 Å². The molecule has 0 saturated heterocycles. The predicted molar refractivity (Wildman–Crippen MR) is 75.9 cm³/mol. The zero-order valence-electron chi connectivity index (χ0n) is 10.6. The average molecular weight is 288 g/mol. The first kappa shape index (κ1) is 12.6. The quantitative estimate of drug-likeness (QED) is 0.784. The number of amides is 1. The zero-order valence-corrected chi connectivity index (χ0v) is 11.3. The number of halogens is 1. The summed E-state index contributed by atoms with van der Waals surface area (Å²) in [5.41, 5.74) is 2.24. The van der Waals surface area contributed by atoms with Crippen LogP contribution in [-0.2, 0) is 0 Å². The summed E-state index contributed by atoms with van der Waals surface area (Å²) in [6, 6.07) is 8.38. The van der Waals surface area contributed by atoms with Gasteiger partial charge < -0.3 is 9.73 Å². The number of aromatic nitrogens is 2. The second-order valence-electron chi connectivity index (χ2n) is 4.23. The van der Waals surface area contributed by atoms with E-state index in [2.05, 4.69) is 15.3 Å². The van der Waals surface area contributed by atoms with Gasteiger partial charge in [-0.1, -0.05) is 11.6 Å². The van der Waals surface area contributed by atoms with Gasteiger partial charge in [-0.2, -0.15) is 0 Å². The minimum Gasteiger partial charge on any atom is -0.441 e. The van der Waals surface area contributed by atoms with Gasteiger partial charge in [0.1, 0.15) is 11.2 Å². The van der Waals surface area contributed by atoms with Crippen molar-refractivity contribution in [3.05, 3.63) is 53.1 Å². The third-order valence-corrected chi connectivity index (χ3v) is 2.94. The van der Waals surface area contributed by atoms with Gasteiger partial charge in [0.25, 0.3) is 5.91 Å². The van der Waals surface area contributed by atoms with E-state index in [1.165, 1.54) is 12.3 Å². The van der Waals surface area contributed by atoms with Crippen molar-refractivity contribution >= 4 is 34.3 Å². The van der Waals surface area contributed by atoms with Gasteiger partial charge in [-0.25, -0.2) is 4.98 Å². The summed E-state index contributed by atoms with van der Waals surface area (Å²) < 4.78 is 5.42. The van der Waals surface area contributed by atoms with Crippen LogP contribution in [0.15, 0.2) is 40.9 Å². The molecule has 0 bridgehead atoms. The first-order valence-electron chi connectivity index (χ1n) is 5.92. The van der Waals surface area contributed by atoms with Gasteiger partial charge in [-0.15, -0.1) is 0 Å². The number of fused-ring (bicyclic) bond motifs is 1. The Labute approximate surface area is 119 Å². The lowest BCUT2D eigenvalue weighted by atomic mass is 10.2. The van der Waals surface area contributed by atoms with Gasteiger partial charge in [-0.05, 0) is 24.3 Å². The highest BCUT2D eigenvalue weighted by Gasteiger charge is 2.09. The Bertz CT molecular complexity index is 798. The summed E-state index contributed by atoms with van der Waals surface area (Å²) in [6.45, 7) is 1.77. The Balaban J connectivity index is 1.87. The molecule has 5 nitrogen and oxygen atoms in total. The summed E-state index contributed by atoms with van der Waals surface area (Å²) in [5.74, 6) is 0.253. The average Bonchev–Trinajstić information content (AvgIpc) is 2.78. The van der Waals surface area contributed by atoms with Gasteiger partial charge in [0, 0.05) is 29.9 Å². The summed E-state index contributed by atoms with van der Waals surface area (Å²) in [6.07, 6.45) is 1.49. The van der Waals surface area contributed by atoms with E-state index in [1.54, 1.807) is 31.2 Å². The van der Waals surface area contributed by atoms with Crippen molar-refractivity contribution in [2.24, 2.45) is 0 Å². The molecule has 0 saturated carbocycles. The number of carbonyl (C=O) groups excluding carboxylic acids is 1. The van der Waals surface area contributed by atoms with E-state index in [0.717, 1.165) is 5.52 Å². The van der Waals surface area contributed by atoms with Crippen molar-refractivity contribution in [2.75, 3.05) is 5.32 Å². The number of carbonyl (C=O) groups is 1. The molecule has 0 aliphatic carbocycles. The van der Waals surface area contributed by atoms with Gasteiger partial charge >= 0.3 is 0 Å². The SMILES string of the molecule is Cc1nc2ccc(NC(=O)c3cc(Cl)ccn3)cc2o1. The van der Waals surface area contributed by atoms with E-state index in [1.807, 2.05) is 0 Å². The van der Waals surface area contributed by atoms with Crippen LogP contribution < -0.4 is 5.32 Å². The molecule has 6 heteroatoms. The minimum atomic E-state index is -0.330. The summed E-state index contributed by atoms with van der Waals surface area (Å²) in [5, 5.41) is 3.20. The third-order valence-electron chi connectivity index (χ3n) is 2.71. The van der Waals surface area contributed by atoms with Crippen LogP contribution in [0.2, 0.25) is 5.02 Å². The molecule has 1 N–H and O–H groups in total. The molecular formula is C14H10ClN3O2. The molecule has 3 rings (SSSR count). The fraction of sp³-hybridized carbons (Fsp3) is 0.0714. The molecule has 100 valence electrons. The number of oxazole rings is 1. The maximum Gasteiger partial charge on any atom is 0.274 e. The second kappa shape index (κ2) is 4.94. The van der Waals surface area contributed by atoms with E-state index in [9.17, 15) is 4.79 Å². The molecule has 2 aromatic heterocycles. The van der Waals surface area contributed by atoms with Crippen molar-refractivity contribution in [1.82, 2.24) is 9.97 Å². The monoisotopic (exact) mass is 287 g/mol. The number of rotatable bonds is 2. The number of aryl methyl sites for hydroxylation is 1. The van der Waals surface area contributed by atoms with Gasteiger partial charge in [0.2, 0.25) is 0 Å². The number of nitrogens with zero attached hydrogens (tertiary/aromatic N) is 2. The maximum absolute atomic E-state index is 12.0. The molecule has 0 fully saturated rings. The molecule has 1 aromatic carbocycles. The van der Waals surface area contributed by atoms with Crippen LogP contribution >= 0.6 is 11.6 Å². The molecule has 0 aliphatic heterocycles. The molecule has 20 heavy (non-hydrogen) atoms. The normalized spacial score (nSPS) is 10.7. The van der Waals surface area contributed by atoms with E-state index in [0.29, 0.717) is 22.2 Å².